The van der Waals surface area contributed by atoms with Crippen molar-refractivity contribution in [2.24, 2.45) is 11.7 Å². The highest BCUT2D eigenvalue weighted by Crippen LogP contribution is 2.29. The standard InChI is InChI=1S/C21H33N3O2.ClH/c1-16(2)19(17-8-4-3-5-9-17)14-21(26)24-13-7-6-10-18(24)15-23-20(25)11-12-22;/h3-5,8-9,16,18-19H,6-7,10-15,22H2,1-2H3,(H,23,25);1H. The summed E-state index contributed by atoms with van der Waals surface area (Å²) >= 11 is 0. The van der Waals surface area contributed by atoms with Crippen LogP contribution in [-0.2, 0) is 9.59 Å². The molecule has 0 bridgehead atoms. The monoisotopic (exact) mass is 395 g/mol. The third kappa shape index (κ3) is 7.15. The van der Waals surface area contributed by atoms with Gasteiger partial charge in [-0.1, -0.05) is 44.2 Å². The number of carbonyl (C=O) groups is 2. The van der Waals surface area contributed by atoms with Gasteiger partial charge < -0.3 is 16.0 Å². The van der Waals surface area contributed by atoms with E-state index in [0.717, 1.165) is 25.8 Å². The Balaban J connectivity index is 0.00000364. The number of hydrogen-bond donors (Lipinski definition) is 2. The van der Waals surface area contributed by atoms with E-state index in [4.69, 9.17) is 5.73 Å². The van der Waals surface area contributed by atoms with Crippen molar-refractivity contribution in [2.45, 2.75) is 57.9 Å². The van der Waals surface area contributed by atoms with E-state index in [-0.39, 0.29) is 36.2 Å². The summed E-state index contributed by atoms with van der Waals surface area (Å²) in [6, 6.07) is 10.4. The Hall–Kier alpha value is -1.59. The number of carbonyl (C=O) groups excluding carboxylic acids is 2. The molecule has 2 amide bonds. The molecule has 2 rings (SSSR count). The van der Waals surface area contributed by atoms with Crippen LogP contribution in [0.2, 0.25) is 0 Å². The van der Waals surface area contributed by atoms with Crippen molar-refractivity contribution < 1.29 is 9.59 Å². The zero-order valence-corrected chi connectivity index (χ0v) is 17.3. The fraction of sp³-hybridized carbons (Fsp3) is 0.619. The molecule has 1 saturated heterocycles. The number of nitrogens with zero attached hydrogens (tertiary/aromatic N) is 1. The topological polar surface area (TPSA) is 75.4 Å². The van der Waals surface area contributed by atoms with E-state index >= 15 is 0 Å². The van der Waals surface area contributed by atoms with Crippen LogP contribution in [0.3, 0.4) is 0 Å². The quantitative estimate of drug-likeness (QED) is 0.710. The first-order valence-electron chi connectivity index (χ1n) is 9.84. The summed E-state index contributed by atoms with van der Waals surface area (Å²) in [4.78, 5) is 26.8. The molecule has 1 heterocycles. The predicted octanol–water partition coefficient (Wildman–Crippen LogP) is 3.08. The Labute approximate surface area is 169 Å². The van der Waals surface area contributed by atoms with E-state index in [1.54, 1.807) is 0 Å². The molecule has 0 radical (unpaired) electrons. The van der Waals surface area contributed by atoms with Crippen molar-refractivity contribution in [3.63, 3.8) is 0 Å². The maximum absolute atomic E-state index is 13.1. The lowest BCUT2D eigenvalue weighted by molar-refractivity contribution is -0.136. The Morgan fingerprint density at radius 2 is 1.93 bits per heavy atom. The summed E-state index contributed by atoms with van der Waals surface area (Å²) < 4.78 is 0. The van der Waals surface area contributed by atoms with Crippen LogP contribution in [-0.4, -0.2) is 42.4 Å². The molecule has 6 heteroatoms. The van der Waals surface area contributed by atoms with Gasteiger partial charge in [0.05, 0.1) is 0 Å². The third-order valence-electron chi connectivity index (χ3n) is 5.28. The molecule has 0 spiro atoms. The van der Waals surface area contributed by atoms with Gasteiger partial charge in [0, 0.05) is 38.5 Å². The number of benzene rings is 1. The number of amides is 2. The van der Waals surface area contributed by atoms with Crippen molar-refractivity contribution in [3.8, 4) is 0 Å². The van der Waals surface area contributed by atoms with Crippen LogP contribution in [0.4, 0.5) is 0 Å². The van der Waals surface area contributed by atoms with E-state index in [0.29, 0.717) is 31.8 Å². The van der Waals surface area contributed by atoms with Gasteiger partial charge in [0.1, 0.15) is 0 Å². The number of halogens is 1. The van der Waals surface area contributed by atoms with Gasteiger partial charge in [0.25, 0.3) is 0 Å². The molecule has 5 nitrogen and oxygen atoms in total. The number of rotatable bonds is 8. The van der Waals surface area contributed by atoms with Gasteiger partial charge in [0.2, 0.25) is 11.8 Å². The number of nitrogens with two attached hydrogens (primary N) is 1. The number of likely N-dealkylation sites (tertiary alicyclic amines) is 1. The second kappa shape index (κ2) is 12.0. The smallest absolute Gasteiger partial charge is 0.223 e. The third-order valence-corrected chi connectivity index (χ3v) is 5.28. The number of piperidine rings is 1. The first kappa shape index (κ1) is 23.4. The van der Waals surface area contributed by atoms with Crippen LogP contribution < -0.4 is 11.1 Å². The average Bonchev–Trinajstić information content (AvgIpc) is 2.65. The Morgan fingerprint density at radius 3 is 2.56 bits per heavy atom. The van der Waals surface area contributed by atoms with E-state index in [1.165, 1.54) is 5.56 Å². The molecule has 2 unspecified atom stereocenters. The average molecular weight is 396 g/mol. The van der Waals surface area contributed by atoms with E-state index in [1.807, 2.05) is 23.1 Å². The maximum atomic E-state index is 13.1. The molecule has 0 saturated carbocycles. The first-order valence-corrected chi connectivity index (χ1v) is 9.84. The fourth-order valence-electron chi connectivity index (χ4n) is 3.74. The molecule has 152 valence electrons. The molecule has 1 aromatic rings. The molecule has 1 aliphatic heterocycles. The summed E-state index contributed by atoms with van der Waals surface area (Å²) in [5, 5.41) is 2.93. The first-order chi connectivity index (χ1) is 12.5. The van der Waals surface area contributed by atoms with Gasteiger partial charge in [-0.05, 0) is 36.7 Å². The van der Waals surface area contributed by atoms with Crippen molar-refractivity contribution >= 4 is 24.2 Å². The van der Waals surface area contributed by atoms with E-state index in [2.05, 4.69) is 31.3 Å². The summed E-state index contributed by atoms with van der Waals surface area (Å²) in [5.41, 5.74) is 6.65. The molecule has 0 aliphatic carbocycles. The largest absolute Gasteiger partial charge is 0.354 e. The van der Waals surface area contributed by atoms with Crippen molar-refractivity contribution in [1.82, 2.24) is 10.2 Å². The van der Waals surface area contributed by atoms with Crippen LogP contribution in [0.1, 0.15) is 57.4 Å². The van der Waals surface area contributed by atoms with Gasteiger partial charge in [-0.3, -0.25) is 9.59 Å². The Kier molecular flexibility index (Phi) is 10.4. The predicted molar refractivity (Wildman–Crippen MR) is 112 cm³/mol. The van der Waals surface area contributed by atoms with E-state index in [9.17, 15) is 9.59 Å². The van der Waals surface area contributed by atoms with Crippen molar-refractivity contribution in [2.75, 3.05) is 19.6 Å². The van der Waals surface area contributed by atoms with Gasteiger partial charge >= 0.3 is 0 Å². The highest BCUT2D eigenvalue weighted by atomic mass is 35.5. The highest BCUT2D eigenvalue weighted by Gasteiger charge is 2.29. The summed E-state index contributed by atoms with van der Waals surface area (Å²) in [7, 11) is 0. The van der Waals surface area contributed by atoms with Gasteiger partial charge in [-0.2, -0.15) is 0 Å². The molecule has 1 aliphatic rings. The molecule has 2 atom stereocenters. The van der Waals surface area contributed by atoms with Crippen molar-refractivity contribution in [1.29, 1.82) is 0 Å². The second-order valence-electron chi connectivity index (χ2n) is 7.54. The minimum atomic E-state index is -0.0326. The van der Waals surface area contributed by atoms with Gasteiger partial charge in [-0.15, -0.1) is 12.4 Å². The maximum Gasteiger partial charge on any atom is 0.223 e. The Morgan fingerprint density at radius 1 is 1.22 bits per heavy atom. The molecule has 1 fully saturated rings. The SMILES string of the molecule is CC(C)C(CC(=O)N1CCCCC1CNC(=O)CCN)c1ccccc1.Cl. The van der Waals surface area contributed by atoms with Crippen LogP contribution in [0, 0.1) is 5.92 Å². The second-order valence-corrected chi connectivity index (χ2v) is 7.54. The van der Waals surface area contributed by atoms with Crippen LogP contribution in [0.15, 0.2) is 30.3 Å². The summed E-state index contributed by atoms with van der Waals surface area (Å²) in [6.45, 7) is 6.02. The lowest BCUT2D eigenvalue weighted by atomic mass is 9.85. The zero-order chi connectivity index (χ0) is 18.9. The molecule has 27 heavy (non-hydrogen) atoms. The molecule has 3 N–H and O–H groups in total. The minimum Gasteiger partial charge on any atom is -0.354 e. The molecule has 1 aromatic carbocycles. The van der Waals surface area contributed by atoms with Crippen molar-refractivity contribution in [3.05, 3.63) is 35.9 Å². The summed E-state index contributed by atoms with van der Waals surface area (Å²) in [5.74, 6) is 0.784. The van der Waals surface area contributed by atoms with Gasteiger partial charge in [0.15, 0.2) is 0 Å². The summed E-state index contributed by atoms with van der Waals surface area (Å²) in [6.07, 6.45) is 3.95. The lowest BCUT2D eigenvalue weighted by Crippen LogP contribution is -2.49. The molecule has 0 aromatic heterocycles. The zero-order valence-electron chi connectivity index (χ0n) is 16.5. The van der Waals surface area contributed by atoms with Crippen LogP contribution in [0.25, 0.3) is 0 Å². The lowest BCUT2D eigenvalue weighted by Gasteiger charge is -2.37. The molecular formula is C21H34ClN3O2. The van der Waals surface area contributed by atoms with Crippen LogP contribution >= 0.6 is 12.4 Å². The Bertz CT molecular complexity index is 580. The normalized spacial score (nSPS) is 17.9. The van der Waals surface area contributed by atoms with E-state index < -0.39 is 0 Å². The number of hydrogen-bond acceptors (Lipinski definition) is 3. The minimum absolute atomic E-state index is 0. The highest BCUT2D eigenvalue weighted by molar-refractivity contribution is 5.85. The molecular weight excluding hydrogens is 362 g/mol. The fourth-order valence-corrected chi connectivity index (χ4v) is 3.74. The number of nitrogens with one attached hydrogen (secondary N) is 1. The van der Waals surface area contributed by atoms with Gasteiger partial charge in [-0.25, -0.2) is 0 Å². The van der Waals surface area contributed by atoms with Crippen LogP contribution in [0.5, 0.6) is 0 Å².